The summed E-state index contributed by atoms with van der Waals surface area (Å²) in [5.41, 5.74) is 0.906. The Kier molecular flexibility index (Phi) is 2.52. The number of hydrogen-bond acceptors (Lipinski definition) is 3. The Morgan fingerprint density at radius 3 is 2.53 bits per heavy atom. The van der Waals surface area contributed by atoms with Gasteiger partial charge in [0.05, 0.1) is 16.9 Å². The van der Waals surface area contributed by atoms with E-state index < -0.39 is 5.72 Å². The highest BCUT2D eigenvalue weighted by molar-refractivity contribution is 5.46. The van der Waals surface area contributed by atoms with Gasteiger partial charge in [0.15, 0.2) is 0 Å². The van der Waals surface area contributed by atoms with E-state index in [0.29, 0.717) is 11.3 Å². The maximum atomic E-state index is 11.6. The first-order valence-electron chi connectivity index (χ1n) is 6.11. The van der Waals surface area contributed by atoms with Crippen LogP contribution in [-0.4, -0.2) is 4.92 Å². The van der Waals surface area contributed by atoms with E-state index in [2.05, 4.69) is 0 Å². The van der Waals surface area contributed by atoms with Crippen LogP contribution in [0.3, 0.4) is 0 Å². The molecule has 2 aromatic carbocycles. The molecule has 19 heavy (non-hydrogen) atoms. The molecular formula is C15H13NO3. The number of nitro groups is 1. The fourth-order valence-corrected chi connectivity index (χ4v) is 2.53. The molecule has 1 aliphatic rings. The minimum Gasteiger partial charge on any atom is -0.423 e. The van der Waals surface area contributed by atoms with Crippen LogP contribution in [0.2, 0.25) is 0 Å². The summed E-state index contributed by atoms with van der Waals surface area (Å²) in [4.78, 5) is 11.3. The number of hydrogen-bond donors (Lipinski definition) is 0. The first-order chi connectivity index (χ1) is 9.13. The molecule has 1 aliphatic heterocycles. The van der Waals surface area contributed by atoms with Crippen molar-refractivity contribution in [2.45, 2.75) is 19.1 Å². The van der Waals surface area contributed by atoms with Gasteiger partial charge in [-0.15, -0.1) is 0 Å². The molecule has 0 fully saturated rings. The Morgan fingerprint density at radius 2 is 1.89 bits per heavy atom. The summed E-state index contributed by atoms with van der Waals surface area (Å²) in [7, 11) is 0. The standard InChI is InChI=1S/C15H13NO3/c1-11-6-5-7-12-10-15(16(17)18,19-14(11)12)13-8-3-2-4-9-13/h2-9H,10H2,1H3. The van der Waals surface area contributed by atoms with E-state index in [-0.39, 0.29) is 11.3 Å². The maximum Gasteiger partial charge on any atom is 0.394 e. The van der Waals surface area contributed by atoms with E-state index in [1.807, 2.05) is 31.2 Å². The quantitative estimate of drug-likeness (QED) is 0.612. The molecule has 0 bridgehead atoms. The molecular weight excluding hydrogens is 242 g/mol. The van der Waals surface area contributed by atoms with Crippen LogP contribution in [0.5, 0.6) is 5.75 Å². The molecule has 0 amide bonds. The zero-order valence-electron chi connectivity index (χ0n) is 10.5. The van der Waals surface area contributed by atoms with Gasteiger partial charge in [-0.05, 0) is 24.6 Å². The molecule has 2 aromatic rings. The number of aryl methyl sites for hydroxylation is 1. The highest BCUT2D eigenvalue weighted by atomic mass is 16.7. The minimum absolute atomic E-state index is 0.265. The Hall–Kier alpha value is -2.36. The lowest BCUT2D eigenvalue weighted by atomic mass is 9.97. The second-order valence-corrected chi connectivity index (χ2v) is 4.75. The molecule has 1 atom stereocenters. The van der Waals surface area contributed by atoms with Crippen molar-refractivity contribution in [1.82, 2.24) is 0 Å². The van der Waals surface area contributed by atoms with Crippen LogP contribution in [0, 0.1) is 17.0 Å². The second-order valence-electron chi connectivity index (χ2n) is 4.75. The largest absolute Gasteiger partial charge is 0.423 e. The summed E-state index contributed by atoms with van der Waals surface area (Å²) in [5.74, 6) is 0.642. The first-order valence-corrected chi connectivity index (χ1v) is 6.11. The van der Waals surface area contributed by atoms with Gasteiger partial charge in [-0.1, -0.05) is 36.4 Å². The number of fused-ring (bicyclic) bond motifs is 1. The minimum atomic E-state index is -1.49. The zero-order valence-corrected chi connectivity index (χ0v) is 10.5. The number of rotatable bonds is 2. The van der Waals surface area contributed by atoms with E-state index in [1.165, 1.54) is 0 Å². The van der Waals surface area contributed by atoms with Crippen molar-refractivity contribution < 1.29 is 9.66 Å². The van der Waals surface area contributed by atoms with Crippen molar-refractivity contribution in [1.29, 1.82) is 0 Å². The van der Waals surface area contributed by atoms with Crippen LogP contribution in [0.25, 0.3) is 0 Å². The van der Waals surface area contributed by atoms with Gasteiger partial charge in [0.1, 0.15) is 5.75 Å². The van der Waals surface area contributed by atoms with Gasteiger partial charge >= 0.3 is 5.72 Å². The van der Waals surface area contributed by atoms with Gasteiger partial charge in [0.25, 0.3) is 0 Å². The average Bonchev–Trinajstić information content (AvgIpc) is 2.82. The summed E-state index contributed by atoms with van der Waals surface area (Å²) >= 11 is 0. The summed E-state index contributed by atoms with van der Waals surface area (Å²) in [6.45, 7) is 1.90. The topological polar surface area (TPSA) is 52.4 Å². The predicted molar refractivity (Wildman–Crippen MR) is 70.6 cm³/mol. The highest BCUT2D eigenvalue weighted by Crippen LogP contribution is 2.43. The molecule has 96 valence electrons. The molecule has 0 N–H and O–H groups in total. The molecule has 0 saturated carbocycles. The highest BCUT2D eigenvalue weighted by Gasteiger charge is 2.53. The van der Waals surface area contributed by atoms with Crippen molar-refractivity contribution in [2.75, 3.05) is 0 Å². The van der Waals surface area contributed by atoms with Gasteiger partial charge in [-0.3, -0.25) is 10.1 Å². The Balaban J connectivity index is 2.13. The monoisotopic (exact) mass is 255 g/mol. The molecule has 4 heteroatoms. The van der Waals surface area contributed by atoms with Crippen molar-refractivity contribution in [3.63, 3.8) is 0 Å². The van der Waals surface area contributed by atoms with Gasteiger partial charge in [0, 0.05) is 5.56 Å². The number of ether oxygens (including phenoxy) is 1. The Morgan fingerprint density at radius 1 is 1.16 bits per heavy atom. The van der Waals surface area contributed by atoms with Crippen molar-refractivity contribution >= 4 is 0 Å². The second kappa shape index (κ2) is 4.09. The van der Waals surface area contributed by atoms with E-state index in [1.54, 1.807) is 24.3 Å². The van der Waals surface area contributed by atoms with Crippen molar-refractivity contribution in [2.24, 2.45) is 0 Å². The third-order valence-corrected chi connectivity index (χ3v) is 3.51. The van der Waals surface area contributed by atoms with E-state index >= 15 is 0 Å². The smallest absolute Gasteiger partial charge is 0.394 e. The summed E-state index contributed by atoms with van der Waals surface area (Å²) in [6.07, 6.45) is 0.265. The van der Waals surface area contributed by atoms with Crippen molar-refractivity contribution in [3.05, 3.63) is 75.3 Å². The van der Waals surface area contributed by atoms with E-state index in [9.17, 15) is 10.1 Å². The molecule has 1 heterocycles. The fraction of sp³-hybridized carbons (Fsp3) is 0.200. The number of para-hydroxylation sites is 1. The van der Waals surface area contributed by atoms with Crippen LogP contribution >= 0.6 is 0 Å². The molecule has 0 spiro atoms. The first kappa shape index (κ1) is 11.7. The van der Waals surface area contributed by atoms with Crippen LogP contribution in [0.1, 0.15) is 16.7 Å². The third-order valence-electron chi connectivity index (χ3n) is 3.51. The molecule has 3 rings (SSSR count). The molecule has 4 nitrogen and oxygen atoms in total. The molecule has 0 aromatic heterocycles. The van der Waals surface area contributed by atoms with Crippen LogP contribution in [-0.2, 0) is 12.1 Å². The summed E-state index contributed by atoms with van der Waals surface area (Å²) in [6, 6.07) is 14.6. The lowest BCUT2D eigenvalue weighted by Crippen LogP contribution is -2.40. The van der Waals surface area contributed by atoms with Gasteiger partial charge in [0.2, 0.25) is 0 Å². The Bertz CT molecular complexity index is 639. The van der Waals surface area contributed by atoms with Gasteiger partial charge in [-0.25, -0.2) is 0 Å². The normalized spacial score (nSPS) is 20.7. The SMILES string of the molecule is Cc1cccc2c1OC(c1ccccc1)([N+](=O)[O-])C2. The maximum absolute atomic E-state index is 11.6. The van der Waals surface area contributed by atoms with E-state index in [4.69, 9.17) is 4.74 Å². The van der Waals surface area contributed by atoms with Crippen molar-refractivity contribution in [3.8, 4) is 5.75 Å². The van der Waals surface area contributed by atoms with Crippen LogP contribution in [0.15, 0.2) is 48.5 Å². The lowest BCUT2D eigenvalue weighted by molar-refractivity contribution is -0.623. The molecule has 0 radical (unpaired) electrons. The number of nitrogens with zero attached hydrogens (tertiary/aromatic N) is 1. The van der Waals surface area contributed by atoms with Crippen LogP contribution in [0.4, 0.5) is 0 Å². The number of benzene rings is 2. The van der Waals surface area contributed by atoms with E-state index in [0.717, 1.165) is 11.1 Å². The molecule has 1 unspecified atom stereocenters. The molecule has 0 aliphatic carbocycles. The summed E-state index contributed by atoms with van der Waals surface area (Å²) < 4.78 is 5.77. The molecule has 0 saturated heterocycles. The predicted octanol–water partition coefficient (Wildman–Crippen LogP) is 3.06. The van der Waals surface area contributed by atoms with Gasteiger partial charge in [-0.2, -0.15) is 0 Å². The van der Waals surface area contributed by atoms with Gasteiger partial charge < -0.3 is 4.74 Å². The van der Waals surface area contributed by atoms with Crippen LogP contribution < -0.4 is 4.74 Å². The Labute approximate surface area is 110 Å². The summed E-state index contributed by atoms with van der Waals surface area (Å²) in [5, 5.41) is 11.6. The third kappa shape index (κ3) is 1.68. The lowest BCUT2D eigenvalue weighted by Gasteiger charge is -2.20. The average molecular weight is 255 g/mol. The zero-order chi connectivity index (χ0) is 13.5. The fourth-order valence-electron chi connectivity index (χ4n) is 2.53.